The minimum absolute atomic E-state index is 0.147. The van der Waals surface area contributed by atoms with E-state index in [-0.39, 0.29) is 24.6 Å². The van der Waals surface area contributed by atoms with Gasteiger partial charge >= 0.3 is 5.97 Å². The minimum Gasteiger partial charge on any atom is -0.469 e. The Hall–Kier alpha value is -2.24. The number of nitrogens with zero attached hydrogens (tertiary/aromatic N) is 1. The third-order valence-corrected chi connectivity index (χ3v) is 3.39. The van der Waals surface area contributed by atoms with Gasteiger partial charge in [0.15, 0.2) is 11.5 Å². The maximum absolute atomic E-state index is 12.5. The van der Waals surface area contributed by atoms with E-state index in [2.05, 4.69) is 4.74 Å². The predicted octanol–water partition coefficient (Wildman–Crippen LogP) is 1.69. The van der Waals surface area contributed by atoms with Crippen molar-refractivity contribution in [2.24, 2.45) is 5.92 Å². The number of ether oxygens (including phenoxy) is 3. The molecule has 1 atom stereocenters. The van der Waals surface area contributed by atoms with Crippen molar-refractivity contribution in [1.82, 2.24) is 4.90 Å². The van der Waals surface area contributed by atoms with Crippen LogP contribution in [0.5, 0.6) is 11.5 Å². The molecule has 0 bridgehead atoms. The monoisotopic (exact) mass is 293 g/mol. The van der Waals surface area contributed by atoms with Gasteiger partial charge in [0, 0.05) is 18.7 Å². The lowest BCUT2D eigenvalue weighted by Gasteiger charge is -2.23. The molecule has 0 fully saturated rings. The molecule has 1 unspecified atom stereocenters. The number of carbonyl (C=O) groups excluding carboxylic acids is 2. The summed E-state index contributed by atoms with van der Waals surface area (Å²) in [6.45, 7) is 4.60. The first kappa shape index (κ1) is 15.2. The Morgan fingerprint density at radius 2 is 2.05 bits per heavy atom. The third-order valence-electron chi connectivity index (χ3n) is 3.39. The first-order chi connectivity index (χ1) is 10.1. The number of rotatable bonds is 5. The van der Waals surface area contributed by atoms with Crippen LogP contribution in [0.3, 0.4) is 0 Å². The molecule has 0 saturated carbocycles. The smallest absolute Gasteiger partial charge is 0.310 e. The minimum atomic E-state index is -0.368. The SMILES string of the molecule is CCN(CC(C)C(=O)OC)C(=O)c1ccc2c(c1)OCO2. The molecule has 1 aromatic carbocycles. The molecule has 1 heterocycles. The Labute approximate surface area is 123 Å². The Kier molecular flexibility index (Phi) is 4.67. The van der Waals surface area contributed by atoms with Crippen LogP contribution >= 0.6 is 0 Å². The lowest BCUT2D eigenvalue weighted by molar-refractivity contribution is -0.145. The molecule has 0 N–H and O–H groups in total. The zero-order valence-electron chi connectivity index (χ0n) is 12.4. The number of esters is 1. The molecule has 6 heteroatoms. The topological polar surface area (TPSA) is 65.1 Å². The molecule has 0 aliphatic carbocycles. The van der Waals surface area contributed by atoms with Crippen LogP contribution < -0.4 is 9.47 Å². The molecule has 1 aliphatic rings. The second-order valence-electron chi connectivity index (χ2n) is 4.84. The van der Waals surface area contributed by atoms with E-state index in [0.29, 0.717) is 30.2 Å². The van der Waals surface area contributed by atoms with Crippen molar-refractivity contribution < 1.29 is 23.8 Å². The van der Waals surface area contributed by atoms with Crippen molar-refractivity contribution in [3.8, 4) is 11.5 Å². The van der Waals surface area contributed by atoms with Crippen molar-refractivity contribution in [1.29, 1.82) is 0 Å². The van der Waals surface area contributed by atoms with Crippen LogP contribution in [0, 0.1) is 5.92 Å². The highest BCUT2D eigenvalue weighted by molar-refractivity contribution is 5.95. The average molecular weight is 293 g/mol. The van der Waals surface area contributed by atoms with Crippen LogP contribution in [-0.2, 0) is 9.53 Å². The van der Waals surface area contributed by atoms with E-state index >= 15 is 0 Å². The van der Waals surface area contributed by atoms with Gasteiger partial charge in [-0.15, -0.1) is 0 Å². The standard InChI is InChI=1S/C15H19NO5/c1-4-16(8-10(2)15(18)19-3)14(17)11-5-6-12-13(7-11)21-9-20-12/h5-7,10H,4,8-9H2,1-3H3. The molecule has 0 aromatic heterocycles. The van der Waals surface area contributed by atoms with E-state index in [1.165, 1.54) is 7.11 Å². The average Bonchev–Trinajstić information content (AvgIpc) is 2.98. The van der Waals surface area contributed by atoms with Crippen LogP contribution in [0.25, 0.3) is 0 Å². The molecule has 6 nitrogen and oxygen atoms in total. The van der Waals surface area contributed by atoms with E-state index in [1.807, 2.05) is 6.92 Å². The van der Waals surface area contributed by atoms with Gasteiger partial charge in [-0.25, -0.2) is 0 Å². The largest absolute Gasteiger partial charge is 0.469 e. The molecule has 1 aromatic rings. The summed E-state index contributed by atoms with van der Waals surface area (Å²) in [4.78, 5) is 25.6. The number of hydrogen-bond donors (Lipinski definition) is 0. The highest BCUT2D eigenvalue weighted by atomic mass is 16.7. The first-order valence-electron chi connectivity index (χ1n) is 6.83. The van der Waals surface area contributed by atoms with Gasteiger partial charge in [0.05, 0.1) is 13.0 Å². The van der Waals surface area contributed by atoms with Gasteiger partial charge in [-0.3, -0.25) is 9.59 Å². The van der Waals surface area contributed by atoms with E-state index in [9.17, 15) is 9.59 Å². The Bertz CT molecular complexity index is 543. The number of methoxy groups -OCH3 is 1. The summed E-state index contributed by atoms with van der Waals surface area (Å²) in [5.74, 6) is 0.363. The number of benzene rings is 1. The summed E-state index contributed by atoms with van der Waals surface area (Å²) in [6.07, 6.45) is 0. The van der Waals surface area contributed by atoms with Gasteiger partial charge in [0.1, 0.15) is 0 Å². The predicted molar refractivity (Wildman–Crippen MR) is 75.3 cm³/mol. The molecule has 0 saturated heterocycles. The lowest BCUT2D eigenvalue weighted by atomic mass is 10.1. The third kappa shape index (κ3) is 3.26. The van der Waals surface area contributed by atoms with Gasteiger partial charge in [-0.1, -0.05) is 6.92 Å². The highest BCUT2D eigenvalue weighted by Crippen LogP contribution is 2.32. The Morgan fingerprint density at radius 3 is 2.71 bits per heavy atom. The normalized spacial score (nSPS) is 13.7. The van der Waals surface area contributed by atoms with Gasteiger partial charge in [0.2, 0.25) is 6.79 Å². The van der Waals surface area contributed by atoms with Gasteiger partial charge in [-0.05, 0) is 25.1 Å². The van der Waals surface area contributed by atoms with E-state index < -0.39 is 0 Å². The maximum atomic E-state index is 12.5. The number of fused-ring (bicyclic) bond motifs is 1. The molecule has 0 spiro atoms. The van der Waals surface area contributed by atoms with Crippen molar-refractivity contribution in [2.75, 3.05) is 27.0 Å². The summed E-state index contributed by atoms with van der Waals surface area (Å²) in [5, 5.41) is 0. The fourth-order valence-corrected chi connectivity index (χ4v) is 2.17. The van der Waals surface area contributed by atoms with E-state index in [4.69, 9.17) is 9.47 Å². The second-order valence-corrected chi connectivity index (χ2v) is 4.84. The molecule has 21 heavy (non-hydrogen) atoms. The van der Waals surface area contributed by atoms with Crippen molar-refractivity contribution in [3.63, 3.8) is 0 Å². The molecular weight excluding hydrogens is 274 g/mol. The first-order valence-corrected chi connectivity index (χ1v) is 6.83. The van der Waals surface area contributed by atoms with Gasteiger partial charge in [0.25, 0.3) is 5.91 Å². The van der Waals surface area contributed by atoms with Gasteiger partial charge < -0.3 is 19.1 Å². The number of carbonyl (C=O) groups is 2. The lowest BCUT2D eigenvalue weighted by Crippen LogP contribution is -2.37. The molecule has 1 aliphatic heterocycles. The van der Waals surface area contributed by atoms with Crippen LogP contribution in [0.15, 0.2) is 18.2 Å². The number of hydrogen-bond acceptors (Lipinski definition) is 5. The molecule has 114 valence electrons. The van der Waals surface area contributed by atoms with Crippen molar-refractivity contribution >= 4 is 11.9 Å². The van der Waals surface area contributed by atoms with Crippen LogP contribution in [0.1, 0.15) is 24.2 Å². The molecule has 1 amide bonds. The molecular formula is C15H19NO5. The highest BCUT2D eigenvalue weighted by Gasteiger charge is 2.23. The van der Waals surface area contributed by atoms with Gasteiger partial charge in [-0.2, -0.15) is 0 Å². The summed E-state index contributed by atoms with van der Waals surface area (Å²) in [5.41, 5.74) is 0.512. The maximum Gasteiger partial charge on any atom is 0.310 e. The Balaban J connectivity index is 2.11. The van der Waals surface area contributed by atoms with Crippen LogP contribution in [0.4, 0.5) is 0 Å². The molecule has 0 radical (unpaired) electrons. The zero-order valence-corrected chi connectivity index (χ0v) is 12.4. The fraction of sp³-hybridized carbons (Fsp3) is 0.467. The Morgan fingerprint density at radius 1 is 1.33 bits per heavy atom. The quantitative estimate of drug-likeness (QED) is 0.773. The number of amides is 1. The zero-order chi connectivity index (χ0) is 15.4. The van der Waals surface area contributed by atoms with Crippen molar-refractivity contribution in [3.05, 3.63) is 23.8 Å². The fourth-order valence-electron chi connectivity index (χ4n) is 2.17. The summed E-state index contributed by atoms with van der Waals surface area (Å²) < 4.78 is 15.2. The summed E-state index contributed by atoms with van der Waals surface area (Å²) in [7, 11) is 1.34. The summed E-state index contributed by atoms with van der Waals surface area (Å²) in [6, 6.07) is 5.07. The molecule has 2 rings (SSSR count). The second kappa shape index (κ2) is 6.47. The van der Waals surface area contributed by atoms with E-state index in [0.717, 1.165) is 0 Å². The van der Waals surface area contributed by atoms with Crippen LogP contribution in [-0.4, -0.2) is 43.8 Å². The van der Waals surface area contributed by atoms with Crippen LogP contribution in [0.2, 0.25) is 0 Å². The van der Waals surface area contributed by atoms with E-state index in [1.54, 1.807) is 30.0 Å². The summed E-state index contributed by atoms with van der Waals surface area (Å²) >= 11 is 0. The van der Waals surface area contributed by atoms with Crippen molar-refractivity contribution in [2.45, 2.75) is 13.8 Å².